The second kappa shape index (κ2) is 7.87. The molecule has 0 aliphatic carbocycles. The number of carbonyl (C=O) groups is 2. The molecule has 1 atom stereocenters. The monoisotopic (exact) mass is 324 g/mol. The number of nitrogens with zero attached hydrogens (tertiary/aromatic N) is 2. The lowest BCUT2D eigenvalue weighted by atomic mass is 10.2. The Morgan fingerprint density at radius 2 is 1.83 bits per heavy atom. The minimum Gasteiger partial charge on any atom is -0.444 e. The number of aromatic nitrogens is 2. The van der Waals surface area contributed by atoms with Crippen molar-refractivity contribution in [2.45, 2.75) is 46.3 Å². The van der Waals surface area contributed by atoms with Crippen LogP contribution in [0.15, 0.2) is 12.4 Å². The number of amides is 2. The lowest BCUT2D eigenvalue weighted by molar-refractivity contribution is -0.118. The Morgan fingerprint density at radius 3 is 2.30 bits per heavy atom. The summed E-state index contributed by atoms with van der Waals surface area (Å²) >= 11 is 0. The third-order valence-corrected chi connectivity index (χ3v) is 2.65. The SMILES string of the molecule is CC(C)C(=O)Nc1ncc(C(O)CNC(=O)OC(C)(C)C)cn1. The van der Waals surface area contributed by atoms with Crippen LogP contribution in [0.3, 0.4) is 0 Å². The van der Waals surface area contributed by atoms with Gasteiger partial charge in [0.15, 0.2) is 0 Å². The Bertz CT molecular complexity index is 537. The Labute approximate surface area is 135 Å². The number of aliphatic hydroxyl groups is 1. The van der Waals surface area contributed by atoms with Gasteiger partial charge in [0.25, 0.3) is 0 Å². The predicted octanol–water partition coefficient (Wildman–Crippen LogP) is 1.63. The normalized spacial score (nSPS) is 12.7. The van der Waals surface area contributed by atoms with E-state index in [0.717, 1.165) is 0 Å². The highest BCUT2D eigenvalue weighted by atomic mass is 16.6. The lowest BCUT2D eigenvalue weighted by Crippen LogP contribution is -2.34. The second-order valence-electron chi connectivity index (χ2n) is 6.38. The van der Waals surface area contributed by atoms with Gasteiger partial charge in [-0.05, 0) is 20.8 Å². The largest absolute Gasteiger partial charge is 0.444 e. The molecule has 128 valence electrons. The van der Waals surface area contributed by atoms with E-state index in [9.17, 15) is 14.7 Å². The van der Waals surface area contributed by atoms with Crippen LogP contribution in [-0.4, -0.2) is 39.2 Å². The first kappa shape index (κ1) is 18.8. The fourth-order valence-electron chi connectivity index (χ4n) is 1.44. The number of nitrogens with one attached hydrogen (secondary N) is 2. The van der Waals surface area contributed by atoms with Crippen LogP contribution in [0.4, 0.5) is 10.7 Å². The van der Waals surface area contributed by atoms with E-state index in [1.807, 2.05) is 0 Å². The number of carbonyl (C=O) groups excluding carboxylic acids is 2. The molecule has 0 radical (unpaired) electrons. The highest BCUT2D eigenvalue weighted by Gasteiger charge is 2.17. The molecule has 0 aromatic carbocycles. The van der Waals surface area contributed by atoms with E-state index in [1.165, 1.54) is 12.4 Å². The second-order valence-corrected chi connectivity index (χ2v) is 6.38. The van der Waals surface area contributed by atoms with E-state index in [4.69, 9.17) is 4.74 Å². The maximum absolute atomic E-state index is 11.5. The maximum atomic E-state index is 11.5. The molecule has 0 saturated heterocycles. The molecule has 0 bridgehead atoms. The van der Waals surface area contributed by atoms with Crippen LogP contribution in [0.5, 0.6) is 0 Å². The average Bonchev–Trinajstić information content (AvgIpc) is 2.43. The summed E-state index contributed by atoms with van der Waals surface area (Å²) in [4.78, 5) is 31.0. The van der Waals surface area contributed by atoms with Crippen molar-refractivity contribution in [3.8, 4) is 0 Å². The molecular formula is C15H24N4O4. The van der Waals surface area contributed by atoms with E-state index in [1.54, 1.807) is 34.6 Å². The van der Waals surface area contributed by atoms with Crippen LogP contribution in [0.2, 0.25) is 0 Å². The Morgan fingerprint density at radius 1 is 1.26 bits per heavy atom. The number of rotatable bonds is 5. The number of hydrogen-bond acceptors (Lipinski definition) is 6. The van der Waals surface area contributed by atoms with Crippen molar-refractivity contribution in [1.29, 1.82) is 0 Å². The van der Waals surface area contributed by atoms with E-state index >= 15 is 0 Å². The molecule has 0 saturated carbocycles. The summed E-state index contributed by atoms with van der Waals surface area (Å²) in [5, 5.41) is 15.0. The van der Waals surface area contributed by atoms with Crippen LogP contribution in [0.1, 0.15) is 46.3 Å². The molecule has 0 spiro atoms. The Balaban J connectivity index is 2.52. The van der Waals surface area contributed by atoms with Crippen molar-refractivity contribution >= 4 is 17.9 Å². The van der Waals surface area contributed by atoms with Crippen molar-refractivity contribution in [3.05, 3.63) is 18.0 Å². The van der Waals surface area contributed by atoms with Crippen molar-refractivity contribution in [2.24, 2.45) is 5.92 Å². The molecule has 1 aromatic heterocycles. The molecule has 2 amide bonds. The standard InChI is InChI=1S/C15H24N4O4/c1-9(2)12(21)19-13-16-6-10(7-17-13)11(20)8-18-14(22)23-15(3,4)5/h6-7,9,11,20H,8H2,1-5H3,(H,18,22)(H,16,17,19,21). The van der Waals surface area contributed by atoms with Gasteiger partial charge in [0.1, 0.15) is 5.60 Å². The molecule has 1 unspecified atom stereocenters. The minimum atomic E-state index is -0.975. The summed E-state index contributed by atoms with van der Waals surface area (Å²) in [5.41, 5.74) is -0.183. The minimum absolute atomic E-state index is 0.0318. The fraction of sp³-hybridized carbons (Fsp3) is 0.600. The van der Waals surface area contributed by atoms with Gasteiger partial charge in [0, 0.05) is 23.9 Å². The van der Waals surface area contributed by atoms with Crippen LogP contribution in [0, 0.1) is 5.92 Å². The van der Waals surface area contributed by atoms with Gasteiger partial charge < -0.3 is 15.2 Å². The first-order chi connectivity index (χ1) is 10.6. The summed E-state index contributed by atoms with van der Waals surface area (Å²) in [6.07, 6.45) is 1.20. The molecule has 0 aliphatic rings. The van der Waals surface area contributed by atoms with Gasteiger partial charge in [0.05, 0.1) is 12.6 Å². The molecule has 0 aliphatic heterocycles. The van der Waals surface area contributed by atoms with Gasteiger partial charge in [-0.1, -0.05) is 13.8 Å². The molecule has 1 heterocycles. The van der Waals surface area contributed by atoms with E-state index in [0.29, 0.717) is 5.56 Å². The lowest BCUT2D eigenvalue weighted by Gasteiger charge is -2.20. The van der Waals surface area contributed by atoms with Crippen molar-refractivity contribution in [3.63, 3.8) is 0 Å². The van der Waals surface area contributed by atoms with Gasteiger partial charge in [0.2, 0.25) is 11.9 Å². The van der Waals surface area contributed by atoms with Crippen LogP contribution >= 0.6 is 0 Å². The summed E-state index contributed by atoms with van der Waals surface area (Å²) < 4.78 is 5.07. The molecular weight excluding hydrogens is 300 g/mol. The topological polar surface area (TPSA) is 113 Å². The molecule has 8 nitrogen and oxygen atoms in total. The van der Waals surface area contributed by atoms with Crippen molar-refractivity contribution < 1.29 is 19.4 Å². The zero-order chi connectivity index (χ0) is 17.6. The van der Waals surface area contributed by atoms with E-state index < -0.39 is 17.8 Å². The Hall–Kier alpha value is -2.22. The first-order valence-corrected chi connectivity index (χ1v) is 7.36. The van der Waals surface area contributed by atoms with E-state index in [2.05, 4.69) is 20.6 Å². The molecule has 0 fully saturated rings. The van der Waals surface area contributed by atoms with Gasteiger partial charge in [-0.25, -0.2) is 14.8 Å². The summed E-state index contributed by atoms with van der Waals surface area (Å²) in [6, 6.07) is 0. The summed E-state index contributed by atoms with van der Waals surface area (Å²) in [6.45, 7) is 8.74. The Kier molecular flexibility index (Phi) is 6.44. The third kappa shape index (κ3) is 7.05. The number of anilines is 1. The molecule has 8 heteroatoms. The average molecular weight is 324 g/mol. The first-order valence-electron chi connectivity index (χ1n) is 7.36. The van der Waals surface area contributed by atoms with Crippen LogP contribution < -0.4 is 10.6 Å². The number of hydrogen-bond donors (Lipinski definition) is 3. The fourth-order valence-corrected chi connectivity index (χ4v) is 1.44. The number of alkyl carbamates (subject to hydrolysis) is 1. The molecule has 23 heavy (non-hydrogen) atoms. The number of ether oxygens (including phenoxy) is 1. The molecule has 3 N–H and O–H groups in total. The van der Waals surface area contributed by atoms with Gasteiger partial charge in [-0.2, -0.15) is 0 Å². The zero-order valence-corrected chi connectivity index (χ0v) is 14.1. The van der Waals surface area contributed by atoms with Gasteiger partial charge in [-0.15, -0.1) is 0 Å². The maximum Gasteiger partial charge on any atom is 0.407 e. The quantitative estimate of drug-likeness (QED) is 0.758. The van der Waals surface area contributed by atoms with Crippen molar-refractivity contribution in [2.75, 3.05) is 11.9 Å². The predicted molar refractivity (Wildman–Crippen MR) is 84.7 cm³/mol. The molecule has 1 rings (SSSR count). The highest BCUT2D eigenvalue weighted by molar-refractivity contribution is 5.90. The van der Waals surface area contributed by atoms with Crippen LogP contribution in [-0.2, 0) is 9.53 Å². The van der Waals surface area contributed by atoms with Crippen molar-refractivity contribution in [1.82, 2.24) is 15.3 Å². The van der Waals surface area contributed by atoms with E-state index in [-0.39, 0.29) is 24.3 Å². The summed E-state index contributed by atoms with van der Waals surface area (Å²) in [5.74, 6) is -0.202. The smallest absolute Gasteiger partial charge is 0.407 e. The van der Waals surface area contributed by atoms with Gasteiger partial charge in [-0.3, -0.25) is 10.1 Å². The summed E-state index contributed by atoms with van der Waals surface area (Å²) in [7, 11) is 0. The zero-order valence-electron chi connectivity index (χ0n) is 14.1. The third-order valence-electron chi connectivity index (χ3n) is 2.65. The highest BCUT2D eigenvalue weighted by Crippen LogP contribution is 2.12. The molecule has 1 aromatic rings. The number of aliphatic hydroxyl groups excluding tert-OH is 1. The van der Waals surface area contributed by atoms with Crippen LogP contribution in [0.25, 0.3) is 0 Å². The van der Waals surface area contributed by atoms with Gasteiger partial charge >= 0.3 is 6.09 Å².